The van der Waals surface area contributed by atoms with Crippen molar-refractivity contribution >= 4 is 38.3 Å². The largest absolute Gasteiger partial charge is 0.174 e. The molecule has 0 aromatic carbocycles. The van der Waals surface area contributed by atoms with E-state index in [1.807, 2.05) is 6.26 Å². The summed E-state index contributed by atoms with van der Waals surface area (Å²) in [5.74, 6) is 0. The predicted octanol–water partition coefficient (Wildman–Crippen LogP) is 1.65. The molecule has 0 aromatic rings. The van der Waals surface area contributed by atoms with Crippen molar-refractivity contribution in [3.8, 4) is 0 Å². The summed E-state index contributed by atoms with van der Waals surface area (Å²) in [6.45, 7) is 0. The summed E-state index contributed by atoms with van der Waals surface area (Å²) in [7, 11) is 0. The minimum Gasteiger partial charge on any atom is -0.174 e. The van der Waals surface area contributed by atoms with Gasteiger partial charge in [0.25, 0.3) is 0 Å². The van der Waals surface area contributed by atoms with Gasteiger partial charge in [0.05, 0.1) is 0 Å². The highest BCUT2D eigenvalue weighted by Crippen LogP contribution is 1.94. The van der Waals surface area contributed by atoms with Gasteiger partial charge in [0.15, 0.2) is 0 Å². The summed E-state index contributed by atoms with van der Waals surface area (Å²) in [6, 6.07) is 0. The molecule has 0 rings (SSSR count). The molecular formula is C2H4Cl2S. The van der Waals surface area contributed by atoms with Crippen LogP contribution in [-0.4, -0.2) is 10.0 Å². The van der Waals surface area contributed by atoms with Gasteiger partial charge in [-0.25, -0.2) is 0 Å². The maximum absolute atomic E-state index is 5.13. The fourth-order valence-corrected chi connectivity index (χ4v) is 0. The minimum absolute atomic E-state index is 0.421. The standard InChI is InChI=1S/C2H4Cl2S/c1-5-2(3)4/h5H,1H3. The lowest BCUT2D eigenvalue weighted by molar-refractivity contribution is 2.54. The number of hydrogen-bond acceptors (Lipinski definition) is 0. The zero-order valence-electron chi connectivity index (χ0n) is 2.70. The third kappa shape index (κ3) is 4.80. The smallest absolute Gasteiger partial charge is 0.127 e. The molecule has 0 aliphatic rings. The quantitative estimate of drug-likeness (QED) is 0.288. The zero-order valence-corrected chi connectivity index (χ0v) is 5.11. The van der Waals surface area contributed by atoms with Gasteiger partial charge in [-0.1, -0.05) is 23.2 Å². The number of thiol groups is 1. The Balaban J connectivity index is 3.14. The number of rotatable bonds is 0. The Morgan fingerprint density at radius 2 is 1.80 bits per heavy atom. The molecule has 3 heteroatoms. The van der Waals surface area contributed by atoms with Crippen LogP contribution >= 0.6 is 34.6 Å². The highest BCUT2D eigenvalue weighted by molar-refractivity contribution is 8.02. The number of halogens is 2. The third-order valence-electron chi connectivity index (χ3n) is 0.169. The van der Waals surface area contributed by atoms with Crippen LogP contribution in [0, 0.1) is 0 Å². The third-order valence-corrected chi connectivity index (χ3v) is 1.52. The molecule has 0 saturated carbocycles. The van der Waals surface area contributed by atoms with Crippen molar-refractivity contribution in [2.24, 2.45) is 0 Å². The van der Waals surface area contributed by atoms with Gasteiger partial charge in [0, 0.05) is 0 Å². The summed E-state index contributed by atoms with van der Waals surface area (Å²) >= 11 is 11.2. The van der Waals surface area contributed by atoms with E-state index in [9.17, 15) is 0 Å². The first kappa shape index (κ1) is 5.80. The van der Waals surface area contributed by atoms with Crippen LogP contribution in [0.3, 0.4) is 0 Å². The molecule has 0 unspecified atom stereocenters. The van der Waals surface area contributed by atoms with E-state index in [1.165, 1.54) is 0 Å². The fourth-order valence-electron chi connectivity index (χ4n) is 0. The SMILES string of the molecule is C[SH]=C(Cl)Cl. The second-order valence-electron chi connectivity index (χ2n) is 0.464. The van der Waals surface area contributed by atoms with Crippen molar-refractivity contribution in [2.45, 2.75) is 0 Å². The second kappa shape index (κ2) is 3.01. The molecule has 0 saturated heterocycles. The Kier molecular flexibility index (Phi) is 3.49. The molecule has 0 aromatic heterocycles. The van der Waals surface area contributed by atoms with E-state index >= 15 is 0 Å². The van der Waals surface area contributed by atoms with Crippen molar-refractivity contribution in [2.75, 3.05) is 6.26 Å². The second-order valence-corrected chi connectivity index (χ2v) is 2.83. The average molecular weight is 131 g/mol. The van der Waals surface area contributed by atoms with Crippen LogP contribution in [0.5, 0.6) is 0 Å². The molecule has 0 nitrogen and oxygen atoms in total. The van der Waals surface area contributed by atoms with Crippen LogP contribution in [0.2, 0.25) is 0 Å². The van der Waals surface area contributed by atoms with E-state index in [0.717, 1.165) is 11.4 Å². The van der Waals surface area contributed by atoms with Crippen molar-refractivity contribution < 1.29 is 0 Å². The molecule has 32 valence electrons. The molecule has 0 bridgehead atoms. The Hall–Kier alpha value is 0.800. The van der Waals surface area contributed by atoms with E-state index in [-0.39, 0.29) is 0 Å². The van der Waals surface area contributed by atoms with Gasteiger partial charge in [0.2, 0.25) is 0 Å². The van der Waals surface area contributed by atoms with Gasteiger partial charge in [-0.05, 0) is 6.26 Å². The molecule has 0 aliphatic carbocycles. The van der Waals surface area contributed by atoms with Gasteiger partial charge < -0.3 is 0 Å². The first-order valence-electron chi connectivity index (χ1n) is 1.05. The van der Waals surface area contributed by atoms with Crippen molar-refractivity contribution in [3.05, 3.63) is 0 Å². The predicted molar refractivity (Wildman–Crippen MR) is 31.6 cm³/mol. The zero-order chi connectivity index (χ0) is 4.28. The summed E-state index contributed by atoms with van der Waals surface area (Å²) in [5.41, 5.74) is 0. The van der Waals surface area contributed by atoms with Gasteiger partial charge >= 0.3 is 0 Å². The Morgan fingerprint density at radius 1 is 1.60 bits per heavy atom. The Morgan fingerprint density at radius 3 is 1.80 bits per heavy atom. The molecule has 0 amide bonds. The van der Waals surface area contributed by atoms with E-state index in [2.05, 4.69) is 0 Å². The van der Waals surface area contributed by atoms with Gasteiger partial charge in [-0.3, -0.25) is 0 Å². The first-order valence-corrected chi connectivity index (χ1v) is 3.15. The van der Waals surface area contributed by atoms with Crippen molar-refractivity contribution in [1.29, 1.82) is 0 Å². The molecule has 0 spiro atoms. The van der Waals surface area contributed by atoms with Crippen LogP contribution in [0.15, 0.2) is 0 Å². The lowest BCUT2D eigenvalue weighted by Crippen LogP contribution is -1.53. The maximum atomic E-state index is 5.13. The van der Waals surface area contributed by atoms with Crippen LogP contribution in [0.25, 0.3) is 0 Å². The molecule has 0 atom stereocenters. The first-order chi connectivity index (χ1) is 2.27. The molecule has 0 radical (unpaired) electrons. The van der Waals surface area contributed by atoms with Gasteiger partial charge in [0.1, 0.15) is 3.78 Å². The van der Waals surface area contributed by atoms with E-state index in [4.69, 9.17) is 23.2 Å². The summed E-state index contributed by atoms with van der Waals surface area (Å²) < 4.78 is 0.421. The summed E-state index contributed by atoms with van der Waals surface area (Å²) in [4.78, 5) is 0. The molecule has 0 aliphatic heterocycles. The lowest BCUT2D eigenvalue weighted by Gasteiger charge is -1.67. The molecular weight excluding hydrogens is 127 g/mol. The minimum atomic E-state index is 0.421. The Bertz CT molecular complexity index is 45.6. The molecule has 0 N–H and O–H groups in total. The van der Waals surface area contributed by atoms with E-state index in [1.54, 1.807) is 0 Å². The molecule has 0 heterocycles. The maximum Gasteiger partial charge on any atom is 0.127 e. The van der Waals surface area contributed by atoms with Crippen molar-refractivity contribution in [1.82, 2.24) is 0 Å². The number of hydrogen-bond donors (Lipinski definition) is 1. The summed E-state index contributed by atoms with van der Waals surface area (Å²) in [5, 5.41) is 0. The van der Waals surface area contributed by atoms with Crippen LogP contribution in [-0.2, 0) is 0 Å². The highest BCUT2D eigenvalue weighted by Gasteiger charge is 1.68. The van der Waals surface area contributed by atoms with Gasteiger partial charge in [-0.15, -0.1) is 0 Å². The lowest BCUT2D eigenvalue weighted by atomic mass is 11.9. The molecule has 5 heavy (non-hydrogen) atoms. The molecule has 0 fully saturated rings. The van der Waals surface area contributed by atoms with Gasteiger partial charge in [-0.2, -0.15) is 11.4 Å². The topological polar surface area (TPSA) is 0 Å². The van der Waals surface area contributed by atoms with Crippen LogP contribution in [0.1, 0.15) is 0 Å². The average Bonchev–Trinajstić information content (AvgIpc) is 1.38. The van der Waals surface area contributed by atoms with E-state index in [0.29, 0.717) is 3.78 Å². The fraction of sp³-hybridized carbons (Fsp3) is 0.500. The normalized spacial score (nSPS) is 7.80. The monoisotopic (exact) mass is 130 g/mol. The van der Waals surface area contributed by atoms with Crippen molar-refractivity contribution in [3.63, 3.8) is 0 Å². The van der Waals surface area contributed by atoms with E-state index < -0.39 is 0 Å². The Labute approximate surface area is 45.0 Å². The van der Waals surface area contributed by atoms with Crippen LogP contribution < -0.4 is 0 Å². The highest BCUT2D eigenvalue weighted by atomic mass is 35.5. The summed E-state index contributed by atoms with van der Waals surface area (Å²) in [6.07, 6.45) is 1.87. The van der Waals surface area contributed by atoms with Crippen LogP contribution in [0.4, 0.5) is 0 Å².